The Bertz CT molecular complexity index is 1680. The van der Waals surface area contributed by atoms with Crippen LogP contribution in [0.2, 0.25) is 0 Å². The van der Waals surface area contributed by atoms with E-state index in [9.17, 15) is 9.59 Å². The molecular weight excluding hydrogens is 494 g/mol. The molecule has 0 N–H and O–H groups in total. The number of nitrogens with zero attached hydrogens (tertiary/aromatic N) is 3. The molecule has 0 fully saturated rings. The van der Waals surface area contributed by atoms with Crippen molar-refractivity contribution in [3.8, 4) is 5.69 Å². The molecule has 5 aromatic rings. The van der Waals surface area contributed by atoms with Gasteiger partial charge in [0, 0.05) is 13.0 Å². The normalized spacial score (nSPS) is 11.9. The average Bonchev–Trinajstić information content (AvgIpc) is 2.98. The number of aryl methyl sites for hydroxylation is 3. The van der Waals surface area contributed by atoms with Crippen molar-refractivity contribution >= 4 is 16.8 Å². The molecule has 0 bridgehead atoms. The van der Waals surface area contributed by atoms with Crippen LogP contribution in [0.5, 0.6) is 0 Å². The van der Waals surface area contributed by atoms with Gasteiger partial charge in [0.1, 0.15) is 5.82 Å². The first kappa shape index (κ1) is 27.1. The molecule has 0 spiro atoms. The SMILES string of the molecule is Cc1ccc(-n2c(C(C)N(CCc3ccccc3)C(=O)CCc3ccccc3)nc3ccccc3c2=O)cc1C. The zero-order valence-corrected chi connectivity index (χ0v) is 23.4. The number of fused-ring (bicyclic) bond motifs is 1. The monoisotopic (exact) mass is 529 g/mol. The third-order valence-corrected chi connectivity index (χ3v) is 7.67. The van der Waals surface area contributed by atoms with Gasteiger partial charge in [0.15, 0.2) is 0 Å². The maximum atomic E-state index is 14.0. The molecule has 202 valence electrons. The second-order valence-corrected chi connectivity index (χ2v) is 10.4. The molecular formula is C35H35N3O2. The Morgan fingerprint density at radius 2 is 1.43 bits per heavy atom. The molecule has 5 heteroatoms. The minimum Gasteiger partial charge on any atom is -0.332 e. The third kappa shape index (κ3) is 5.89. The van der Waals surface area contributed by atoms with Crippen LogP contribution >= 0.6 is 0 Å². The van der Waals surface area contributed by atoms with Gasteiger partial charge < -0.3 is 4.90 Å². The lowest BCUT2D eigenvalue weighted by Gasteiger charge is -2.31. The predicted octanol–water partition coefficient (Wildman–Crippen LogP) is 6.77. The van der Waals surface area contributed by atoms with Crippen molar-refractivity contribution in [2.45, 2.75) is 46.1 Å². The van der Waals surface area contributed by atoms with E-state index in [0.29, 0.717) is 42.5 Å². The smallest absolute Gasteiger partial charge is 0.266 e. The lowest BCUT2D eigenvalue weighted by Crippen LogP contribution is -2.38. The second-order valence-electron chi connectivity index (χ2n) is 10.4. The van der Waals surface area contributed by atoms with Gasteiger partial charge in [0.05, 0.1) is 22.6 Å². The number of amides is 1. The molecule has 1 amide bonds. The van der Waals surface area contributed by atoms with E-state index in [-0.39, 0.29) is 11.5 Å². The van der Waals surface area contributed by atoms with Gasteiger partial charge in [-0.1, -0.05) is 78.9 Å². The molecule has 1 heterocycles. The number of carbonyl (C=O) groups excluding carboxylic acids is 1. The molecule has 0 aliphatic rings. The molecule has 0 aliphatic heterocycles. The summed E-state index contributed by atoms with van der Waals surface area (Å²) in [6, 6.07) is 33.3. The largest absolute Gasteiger partial charge is 0.332 e. The maximum absolute atomic E-state index is 14.0. The quantitative estimate of drug-likeness (QED) is 0.212. The molecule has 5 nitrogen and oxygen atoms in total. The summed E-state index contributed by atoms with van der Waals surface area (Å²) >= 11 is 0. The van der Waals surface area contributed by atoms with Crippen LogP contribution in [0, 0.1) is 13.8 Å². The molecule has 40 heavy (non-hydrogen) atoms. The lowest BCUT2D eigenvalue weighted by atomic mass is 10.1. The van der Waals surface area contributed by atoms with E-state index in [1.807, 2.05) is 110 Å². The van der Waals surface area contributed by atoms with Crippen LogP contribution in [0.15, 0.2) is 108 Å². The molecule has 0 saturated heterocycles. The number of hydrogen-bond acceptors (Lipinski definition) is 3. The van der Waals surface area contributed by atoms with E-state index < -0.39 is 6.04 Å². The number of carbonyl (C=O) groups is 1. The summed E-state index contributed by atoms with van der Waals surface area (Å²) in [5, 5.41) is 0.558. The minimum absolute atomic E-state index is 0.0429. The number of para-hydroxylation sites is 1. The van der Waals surface area contributed by atoms with Crippen molar-refractivity contribution in [3.63, 3.8) is 0 Å². The van der Waals surface area contributed by atoms with E-state index in [2.05, 4.69) is 19.1 Å². The Kier molecular flexibility index (Phi) is 8.20. The van der Waals surface area contributed by atoms with Crippen LogP contribution in [0.1, 0.15) is 47.5 Å². The summed E-state index contributed by atoms with van der Waals surface area (Å²) < 4.78 is 1.69. The summed E-state index contributed by atoms with van der Waals surface area (Å²) in [7, 11) is 0. The standard InChI is InChI=1S/C35H35N3O2/c1-25-18-20-30(24-26(25)2)38-34(36-32-17-11-10-16-31(32)35(38)40)27(3)37(23-22-29-14-8-5-9-15-29)33(39)21-19-28-12-6-4-7-13-28/h4-18,20,24,27H,19,21-23H2,1-3H3. The predicted molar refractivity (Wildman–Crippen MR) is 162 cm³/mol. The van der Waals surface area contributed by atoms with Gasteiger partial charge in [0.2, 0.25) is 5.91 Å². The van der Waals surface area contributed by atoms with Crippen LogP contribution in [0.25, 0.3) is 16.6 Å². The van der Waals surface area contributed by atoms with E-state index in [1.54, 1.807) is 4.57 Å². The maximum Gasteiger partial charge on any atom is 0.266 e. The summed E-state index contributed by atoms with van der Waals surface area (Å²) in [5.41, 5.74) is 5.80. The lowest BCUT2D eigenvalue weighted by molar-refractivity contribution is -0.133. The van der Waals surface area contributed by atoms with Crippen LogP contribution in [0.3, 0.4) is 0 Å². The summed E-state index contributed by atoms with van der Waals surface area (Å²) in [6.07, 6.45) is 1.75. The first-order valence-electron chi connectivity index (χ1n) is 13.9. The van der Waals surface area contributed by atoms with Crippen molar-refractivity contribution in [3.05, 3.63) is 142 Å². The van der Waals surface area contributed by atoms with E-state index in [1.165, 1.54) is 0 Å². The molecule has 0 radical (unpaired) electrons. The first-order valence-corrected chi connectivity index (χ1v) is 13.9. The first-order chi connectivity index (χ1) is 19.4. The Hall–Kier alpha value is -4.51. The Morgan fingerprint density at radius 1 is 0.800 bits per heavy atom. The van der Waals surface area contributed by atoms with Gasteiger partial charge in [-0.25, -0.2) is 4.98 Å². The fourth-order valence-electron chi connectivity index (χ4n) is 5.15. The molecule has 0 aliphatic carbocycles. The molecule has 5 rings (SSSR count). The number of rotatable bonds is 9. The average molecular weight is 530 g/mol. The Labute approximate surface area is 235 Å². The van der Waals surface area contributed by atoms with Crippen LogP contribution in [0.4, 0.5) is 0 Å². The number of aromatic nitrogens is 2. The van der Waals surface area contributed by atoms with Crippen molar-refractivity contribution in [2.75, 3.05) is 6.54 Å². The molecule has 4 aromatic carbocycles. The highest BCUT2D eigenvalue weighted by molar-refractivity contribution is 5.79. The third-order valence-electron chi connectivity index (χ3n) is 7.67. The van der Waals surface area contributed by atoms with Crippen LogP contribution in [-0.2, 0) is 17.6 Å². The zero-order valence-electron chi connectivity index (χ0n) is 23.4. The van der Waals surface area contributed by atoms with E-state index in [0.717, 1.165) is 27.9 Å². The highest BCUT2D eigenvalue weighted by Crippen LogP contribution is 2.25. The Morgan fingerprint density at radius 3 is 2.10 bits per heavy atom. The van der Waals surface area contributed by atoms with E-state index >= 15 is 0 Å². The second kappa shape index (κ2) is 12.1. The topological polar surface area (TPSA) is 55.2 Å². The molecule has 1 unspecified atom stereocenters. The van der Waals surface area contributed by atoms with Crippen LogP contribution in [-0.4, -0.2) is 26.9 Å². The molecule has 1 aromatic heterocycles. The molecule has 1 atom stereocenters. The van der Waals surface area contributed by atoms with E-state index in [4.69, 9.17) is 4.98 Å². The van der Waals surface area contributed by atoms with Crippen molar-refractivity contribution in [2.24, 2.45) is 0 Å². The van der Waals surface area contributed by atoms with Gasteiger partial charge in [-0.05, 0) is 80.1 Å². The van der Waals surface area contributed by atoms with Crippen LogP contribution < -0.4 is 5.56 Å². The van der Waals surface area contributed by atoms with Gasteiger partial charge in [-0.15, -0.1) is 0 Å². The number of hydrogen-bond donors (Lipinski definition) is 0. The Balaban J connectivity index is 1.57. The summed E-state index contributed by atoms with van der Waals surface area (Å²) in [4.78, 5) is 34.7. The number of benzene rings is 4. The van der Waals surface area contributed by atoms with Crippen molar-refractivity contribution in [1.29, 1.82) is 0 Å². The summed E-state index contributed by atoms with van der Waals surface area (Å²) in [6.45, 7) is 6.61. The van der Waals surface area contributed by atoms with Gasteiger partial charge >= 0.3 is 0 Å². The van der Waals surface area contributed by atoms with Gasteiger partial charge in [0.25, 0.3) is 5.56 Å². The minimum atomic E-state index is -0.425. The van der Waals surface area contributed by atoms with Crippen molar-refractivity contribution in [1.82, 2.24) is 14.5 Å². The molecule has 0 saturated carbocycles. The fourth-order valence-corrected chi connectivity index (χ4v) is 5.15. The highest BCUT2D eigenvalue weighted by Gasteiger charge is 2.27. The van der Waals surface area contributed by atoms with Gasteiger partial charge in [-0.2, -0.15) is 0 Å². The zero-order chi connectivity index (χ0) is 28.1. The van der Waals surface area contributed by atoms with Crippen molar-refractivity contribution < 1.29 is 4.79 Å². The highest BCUT2D eigenvalue weighted by atomic mass is 16.2. The fraction of sp³-hybridized carbons (Fsp3) is 0.229. The van der Waals surface area contributed by atoms with Gasteiger partial charge in [-0.3, -0.25) is 14.2 Å². The summed E-state index contributed by atoms with van der Waals surface area (Å²) in [5.74, 6) is 0.606.